The van der Waals surface area contributed by atoms with E-state index in [-0.39, 0.29) is 30.2 Å². The Labute approximate surface area is 210 Å². The van der Waals surface area contributed by atoms with Crippen molar-refractivity contribution in [3.05, 3.63) is 83.4 Å². The second-order valence-corrected chi connectivity index (χ2v) is 9.44. The number of rotatable bonds is 9. The summed E-state index contributed by atoms with van der Waals surface area (Å²) in [6.07, 6.45) is 4.19. The Morgan fingerprint density at radius 1 is 1.19 bits per heavy atom. The fourth-order valence-electron chi connectivity index (χ4n) is 4.29. The number of carbonyl (C=O) groups excluding carboxylic acids is 2. The summed E-state index contributed by atoms with van der Waals surface area (Å²) in [7, 11) is 3.42. The van der Waals surface area contributed by atoms with Crippen molar-refractivity contribution in [3.8, 4) is 0 Å². The van der Waals surface area contributed by atoms with Crippen LogP contribution in [0, 0.1) is 12.7 Å². The van der Waals surface area contributed by atoms with Crippen molar-refractivity contribution in [2.24, 2.45) is 0 Å². The summed E-state index contributed by atoms with van der Waals surface area (Å²) < 4.78 is 21.1. The molecule has 2 heterocycles. The number of halogens is 1. The van der Waals surface area contributed by atoms with Gasteiger partial charge in [-0.1, -0.05) is 35.9 Å². The van der Waals surface area contributed by atoms with E-state index in [4.69, 9.17) is 4.74 Å². The van der Waals surface area contributed by atoms with Crippen LogP contribution in [-0.4, -0.2) is 71.3 Å². The molecule has 4 rings (SSSR count). The second kappa shape index (κ2) is 11.5. The molecule has 1 saturated heterocycles. The van der Waals surface area contributed by atoms with E-state index in [0.717, 1.165) is 19.5 Å². The number of nitrogens with one attached hydrogen (secondary N) is 1. The quantitative estimate of drug-likeness (QED) is 0.494. The summed E-state index contributed by atoms with van der Waals surface area (Å²) in [6.45, 7) is 4.06. The molecule has 2 atom stereocenters. The van der Waals surface area contributed by atoms with Crippen molar-refractivity contribution >= 4 is 17.5 Å². The Bertz CT molecular complexity index is 1190. The fraction of sp³-hybridized carbons (Fsp3) is 0.370. The van der Waals surface area contributed by atoms with Gasteiger partial charge in [-0.3, -0.25) is 19.2 Å². The SMILES string of the molecule is Cc1ccc(CN2C[C@@H](n3cc(NC(=O)c4cccc(F)c4)cn3)C[C@H]2COCC(=O)N(C)C)cc1. The molecule has 0 aliphatic carbocycles. The van der Waals surface area contributed by atoms with Crippen LogP contribution in [0.4, 0.5) is 10.1 Å². The average Bonchev–Trinajstić information content (AvgIpc) is 3.47. The Balaban J connectivity index is 1.42. The van der Waals surface area contributed by atoms with Crippen LogP contribution in [-0.2, 0) is 16.1 Å². The van der Waals surface area contributed by atoms with Crippen molar-refractivity contribution in [1.29, 1.82) is 0 Å². The molecule has 1 aliphatic heterocycles. The zero-order valence-corrected chi connectivity index (χ0v) is 20.9. The fourth-order valence-corrected chi connectivity index (χ4v) is 4.29. The highest BCUT2D eigenvalue weighted by Crippen LogP contribution is 2.29. The molecule has 9 heteroatoms. The number of anilines is 1. The predicted molar refractivity (Wildman–Crippen MR) is 135 cm³/mol. The van der Waals surface area contributed by atoms with Crippen LogP contribution in [0.5, 0.6) is 0 Å². The van der Waals surface area contributed by atoms with Gasteiger partial charge >= 0.3 is 0 Å². The van der Waals surface area contributed by atoms with E-state index in [2.05, 4.69) is 46.5 Å². The molecule has 0 saturated carbocycles. The first-order valence-corrected chi connectivity index (χ1v) is 12.0. The van der Waals surface area contributed by atoms with Gasteiger partial charge in [-0.25, -0.2) is 4.39 Å². The maximum Gasteiger partial charge on any atom is 0.255 e. The van der Waals surface area contributed by atoms with E-state index in [1.165, 1.54) is 34.2 Å². The van der Waals surface area contributed by atoms with Gasteiger partial charge in [0.05, 0.1) is 24.5 Å². The molecule has 0 radical (unpaired) electrons. The van der Waals surface area contributed by atoms with Gasteiger partial charge in [-0.05, 0) is 37.1 Å². The number of carbonyl (C=O) groups is 2. The molecule has 8 nitrogen and oxygen atoms in total. The van der Waals surface area contributed by atoms with Gasteiger partial charge in [0, 0.05) is 45.0 Å². The topological polar surface area (TPSA) is 79.7 Å². The molecule has 0 bridgehead atoms. The van der Waals surface area contributed by atoms with Crippen LogP contribution in [0.3, 0.4) is 0 Å². The molecule has 3 aromatic rings. The number of aryl methyl sites for hydroxylation is 1. The van der Waals surface area contributed by atoms with Crippen LogP contribution in [0.15, 0.2) is 60.9 Å². The third-order valence-electron chi connectivity index (χ3n) is 6.37. The van der Waals surface area contributed by atoms with E-state index in [0.29, 0.717) is 12.3 Å². The summed E-state index contributed by atoms with van der Waals surface area (Å²) in [5.41, 5.74) is 3.21. The average molecular weight is 494 g/mol. The maximum absolute atomic E-state index is 13.5. The normalized spacial score (nSPS) is 17.8. The molecule has 2 amide bonds. The highest BCUT2D eigenvalue weighted by Gasteiger charge is 2.34. The Morgan fingerprint density at radius 2 is 1.97 bits per heavy atom. The van der Waals surface area contributed by atoms with E-state index in [1.54, 1.807) is 32.6 Å². The number of amides is 2. The Hall–Kier alpha value is -3.56. The molecule has 1 aromatic heterocycles. The van der Waals surface area contributed by atoms with Crippen LogP contribution in [0.1, 0.15) is 33.9 Å². The van der Waals surface area contributed by atoms with E-state index >= 15 is 0 Å². The molecule has 2 aromatic carbocycles. The summed E-state index contributed by atoms with van der Waals surface area (Å²) in [4.78, 5) is 28.3. The number of hydrogen-bond donors (Lipinski definition) is 1. The second-order valence-electron chi connectivity index (χ2n) is 9.44. The number of nitrogens with zero attached hydrogens (tertiary/aromatic N) is 4. The van der Waals surface area contributed by atoms with Crippen molar-refractivity contribution < 1.29 is 18.7 Å². The zero-order valence-electron chi connectivity index (χ0n) is 20.9. The predicted octanol–water partition coefficient (Wildman–Crippen LogP) is 3.50. The number of hydrogen-bond acceptors (Lipinski definition) is 5. The lowest BCUT2D eigenvalue weighted by molar-refractivity contribution is -0.134. The first kappa shape index (κ1) is 25.5. The molecular weight excluding hydrogens is 461 g/mol. The molecule has 1 fully saturated rings. The largest absolute Gasteiger partial charge is 0.370 e. The van der Waals surface area contributed by atoms with Gasteiger partial charge in [0.25, 0.3) is 5.91 Å². The van der Waals surface area contributed by atoms with Crippen LogP contribution in [0.2, 0.25) is 0 Å². The van der Waals surface area contributed by atoms with Crippen LogP contribution in [0.25, 0.3) is 0 Å². The first-order chi connectivity index (χ1) is 17.3. The number of ether oxygens (including phenoxy) is 1. The summed E-state index contributed by atoms with van der Waals surface area (Å²) >= 11 is 0. The Kier molecular flexibility index (Phi) is 8.12. The molecular formula is C27H32FN5O3. The summed E-state index contributed by atoms with van der Waals surface area (Å²) in [5, 5.41) is 7.27. The molecule has 1 N–H and O–H groups in total. The zero-order chi connectivity index (χ0) is 25.7. The van der Waals surface area contributed by atoms with Gasteiger partial charge < -0.3 is 15.0 Å². The third kappa shape index (κ3) is 6.56. The first-order valence-electron chi connectivity index (χ1n) is 12.0. The minimum Gasteiger partial charge on any atom is -0.370 e. The van der Waals surface area contributed by atoms with Gasteiger partial charge in [0.1, 0.15) is 12.4 Å². The minimum absolute atomic E-state index is 0.0462. The third-order valence-corrected chi connectivity index (χ3v) is 6.37. The summed E-state index contributed by atoms with van der Waals surface area (Å²) in [6, 6.07) is 14.2. The van der Waals surface area contributed by atoms with Gasteiger partial charge in [-0.15, -0.1) is 0 Å². The number of benzene rings is 2. The van der Waals surface area contributed by atoms with E-state index in [9.17, 15) is 14.0 Å². The van der Waals surface area contributed by atoms with Crippen molar-refractivity contribution in [1.82, 2.24) is 19.6 Å². The van der Waals surface area contributed by atoms with Crippen LogP contribution >= 0.6 is 0 Å². The van der Waals surface area contributed by atoms with Crippen molar-refractivity contribution in [2.45, 2.75) is 32.0 Å². The minimum atomic E-state index is -0.460. The smallest absolute Gasteiger partial charge is 0.255 e. The molecule has 1 aliphatic rings. The monoisotopic (exact) mass is 493 g/mol. The van der Waals surface area contributed by atoms with Crippen LogP contribution < -0.4 is 5.32 Å². The van der Waals surface area contributed by atoms with Crippen molar-refractivity contribution in [2.75, 3.05) is 39.2 Å². The highest BCUT2D eigenvalue weighted by atomic mass is 19.1. The lowest BCUT2D eigenvalue weighted by atomic mass is 10.1. The number of likely N-dealkylation sites (tertiary alicyclic amines) is 1. The van der Waals surface area contributed by atoms with Gasteiger partial charge in [0.15, 0.2) is 0 Å². The van der Waals surface area contributed by atoms with Gasteiger partial charge in [0.2, 0.25) is 5.91 Å². The van der Waals surface area contributed by atoms with Crippen molar-refractivity contribution in [3.63, 3.8) is 0 Å². The lowest BCUT2D eigenvalue weighted by Crippen LogP contribution is -2.34. The molecule has 190 valence electrons. The standard InChI is InChI=1S/C27H32FN5O3/c1-19-7-9-20(10-8-19)14-32-16-24(12-25(32)17-36-18-26(34)31(2)3)33-15-23(13-29-33)30-27(35)21-5-4-6-22(28)11-21/h4-11,13,15,24-25H,12,14,16-18H2,1-3H3,(H,30,35)/t24-,25-/m0/s1. The molecule has 0 unspecified atom stereocenters. The lowest BCUT2D eigenvalue weighted by Gasteiger charge is -2.24. The number of likely N-dealkylation sites (N-methyl/N-ethyl adjacent to an activating group) is 1. The maximum atomic E-state index is 13.5. The summed E-state index contributed by atoms with van der Waals surface area (Å²) in [5.74, 6) is -0.919. The molecule has 36 heavy (non-hydrogen) atoms. The molecule has 0 spiro atoms. The van der Waals surface area contributed by atoms with E-state index < -0.39 is 11.7 Å². The number of aromatic nitrogens is 2. The van der Waals surface area contributed by atoms with Gasteiger partial charge in [-0.2, -0.15) is 5.10 Å². The van der Waals surface area contributed by atoms with E-state index in [1.807, 2.05) is 4.68 Å². The Morgan fingerprint density at radius 3 is 2.69 bits per heavy atom. The highest BCUT2D eigenvalue weighted by molar-refractivity contribution is 6.04.